The molecule has 0 saturated heterocycles. The van der Waals surface area contributed by atoms with E-state index >= 15 is 0 Å². The number of thioether (sulfide) groups is 1. The molecule has 31 heavy (non-hydrogen) atoms. The summed E-state index contributed by atoms with van der Waals surface area (Å²) in [7, 11) is 0. The minimum Gasteiger partial charge on any atom is -0.480 e. The van der Waals surface area contributed by atoms with Crippen LogP contribution in [0.5, 0.6) is 0 Å². The predicted molar refractivity (Wildman–Crippen MR) is 124 cm³/mol. The first kappa shape index (κ1) is 22.4. The van der Waals surface area contributed by atoms with Gasteiger partial charge in [0, 0.05) is 17.4 Å². The molecule has 0 spiro atoms. The van der Waals surface area contributed by atoms with Crippen molar-refractivity contribution in [3.63, 3.8) is 0 Å². The van der Waals surface area contributed by atoms with Gasteiger partial charge in [0.2, 0.25) is 0 Å². The standard InChI is InChI=1S/C23H26N4O3S/c1-15-5-3-4-6-18(15)20-11-16(25-13-17-12-24-14-26-17)7-8-19(20)22(28)27-21(23(29)30)9-10-31-2/h3-8,11-12,14,21,25H,9-10,13H2,1-2H3,(H,24,26)(H,27,28)(H,29,30)/t21-/m0/s1. The number of anilines is 1. The van der Waals surface area contributed by atoms with Gasteiger partial charge in [-0.15, -0.1) is 0 Å². The van der Waals surface area contributed by atoms with Crippen molar-refractivity contribution >= 4 is 29.3 Å². The Morgan fingerprint density at radius 2 is 2.00 bits per heavy atom. The first-order chi connectivity index (χ1) is 15.0. The Bertz CT molecular complexity index is 1040. The summed E-state index contributed by atoms with van der Waals surface area (Å²) in [6.45, 7) is 2.55. The summed E-state index contributed by atoms with van der Waals surface area (Å²) in [5, 5.41) is 15.5. The van der Waals surface area contributed by atoms with Gasteiger partial charge in [-0.2, -0.15) is 11.8 Å². The largest absolute Gasteiger partial charge is 0.480 e. The van der Waals surface area contributed by atoms with Gasteiger partial charge in [-0.25, -0.2) is 9.78 Å². The highest BCUT2D eigenvalue weighted by molar-refractivity contribution is 7.98. The molecule has 4 N–H and O–H groups in total. The molecule has 3 rings (SSSR count). The van der Waals surface area contributed by atoms with E-state index in [1.165, 1.54) is 0 Å². The topological polar surface area (TPSA) is 107 Å². The van der Waals surface area contributed by atoms with Crippen molar-refractivity contribution in [1.29, 1.82) is 0 Å². The van der Waals surface area contributed by atoms with E-state index in [1.807, 2.05) is 49.6 Å². The van der Waals surface area contributed by atoms with Crippen LogP contribution >= 0.6 is 11.8 Å². The summed E-state index contributed by atoms with van der Waals surface area (Å²) < 4.78 is 0. The second-order valence-electron chi connectivity index (χ2n) is 7.15. The number of benzene rings is 2. The smallest absolute Gasteiger partial charge is 0.326 e. The molecule has 8 heteroatoms. The van der Waals surface area contributed by atoms with Crippen LogP contribution in [-0.2, 0) is 11.3 Å². The molecule has 0 radical (unpaired) electrons. The molecule has 2 aromatic carbocycles. The molecule has 0 aliphatic carbocycles. The van der Waals surface area contributed by atoms with Crippen LogP contribution in [0.25, 0.3) is 11.1 Å². The second kappa shape index (κ2) is 10.7. The Morgan fingerprint density at radius 1 is 1.19 bits per heavy atom. The fourth-order valence-electron chi connectivity index (χ4n) is 3.26. The van der Waals surface area contributed by atoms with Gasteiger partial charge in [-0.1, -0.05) is 24.3 Å². The van der Waals surface area contributed by atoms with E-state index < -0.39 is 17.9 Å². The van der Waals surface area contributed by atoms with Gasteiger partial charge < -0.3 is 20.7 Å². The number of hydrogen-bond donors (Lipinski definition) is 4. The van der Waals surface area contributed by atoms with E-state index in [0.29, 0.717) is 24.3 Å². The maximum atomic E-state index is 13.1. The lowest BCUT2D eigenvalue weighted by molar-refractivity contribution is -0.139. The van der Waals surface area contributed by atoms with Gasteiger partial charge in [0.25, 0.3) is 5.91 Å². The molecule has 0 aliphatic heterocycles. The molecule has 162 valence electrons. The lowest BCUT2D eigenvalue weighted by Crippen LogP contribution is -2.41. The minimum absolute atomic E-state index is 0.367. The molecule has 3 aromatic rings. The van der Waals surface area contributed by atoms with E-state index in [-0.39, 0.29) is 0 Å². The average Bonchev–Trinajstić information content (AvgIpc) is 3.29. The van der Waals surface area contributed by atoms with Crippen molar-refractivity contribution in [3.05, 3.63) is 71.8 Å². The number of amides is 1. The average molecular weight is 439 g/mol. The summed E-state index contributed by atoms with van der Waals surface area (Å²) in [6, 6.07) is 12.4. The molecule has 0 bridgehead atoms. The molecule has 1 aromatic heterocycles. The maximum Gasteiger partial charge on any atom is 0.326 e. The molecule has 1 heterocycles. The van der Waals surface area contributed by atoms with Crippen LogP contribution in [0.15, 0.2) is 55.0 Å². The van der Waals surface area contributed by atoms with Crippen LogP contribution in [0.3, 0.4) is 0 Å². The van der Waals surface area contributed by atoms with Crippen molar-refractivity contribution in [2.24, 2.45) is 0 Å². The van der Waals surface area contributed by atoms with Crippen molar-refractivity contribution in [2.75, 3.05) is 17.3 Å². The number of imidazole rings is 1. The zero-order valence-corrected chi connectivity index (χ0v) is 18.3. The third kappa shape index (κ3) is 5.88. The van der Waals surface area contributed by atoms with E-state index in [0.717, 1.165) is 28.1 Å². The number of aromatic nitrogens is 2. The van der Waals surface area contributed by atoms with Crippen molar-refractivity contribution in [3.8, 4) is 11.1 Å². The molecule has 1 atom stereocenters. The van der Waals surface area contributed by atoms with Crippen molar-refractivity contribution in [2.45, 2.75) is 25.9 Å². The number of carboxylic acids is 1. The number of nitrogens with one attached hydrogen (secondary N) is 3. The molecule has 0 fully saturated rings. The lowest BCUT2D eigenvalue weighted by Gasteiger charge is -2.18. The van der Waals surface area contributed by atoms with Crippen LogP contribution in [0.1, 0.15) is 28.0 Å². The Morgan fingerprint density at radius 3 is 2.68 bits per heavy atom. The SMILES string of the molecule is CSCC[C@H](NC(=O)c1ccc(NCc2cnc[nH]2)cc1-c1ccccc1C)C(=O)O. The highest BCUT2D eigenvalue weighted by Gasteiger charge is 2.22. The van der Waals surface area contributed by atoms with Gasteiger partial charge in [0.05, 0.1) is 18.6 Å². The Hall–Kier alpha value is -3.26. The maximum absolute atomic E-state index is 13.1. The number of carbonyl (C=O) groups excluding carboxylic acids is 1. The molecule has 1 amide bonds. The highest BCUT2D eigenvalue weighted by atomic mass is 32.2. The van der Waals surface area contributed by atoms with Gasteiger partial charge >= 0.3 is 5.97 Å². The van der Waals surface area contributed by atoms with Crippen LogP contribution in [0.4, 0.5) is 5.69 Å². The number of H-pyrrole nitrogens is 1. The number of hydrogen-bond acceptors (Lipinski definition) is 5. The summed E-state index contributed by atoms with van der Waals surface area (Å²) >= 11 is 1.55. The quantitative estimate of drug-likeness (QED) is 0.382. The normalized spacial score (nSPS) is 11.7. The number of rotatable bonds is 10. The molecular formula is C23H26N4O3S. The van der Waals surface area contributed by atoms with Crippen LogP contribution < -0.4 is 10.6 Å². The molecule has 7 nitrogen and oxygen atoms in total. The van der Waals surface area contributed by atoms with Crippen LogP contribution in [0.2, 0.25) is 0 Å². The molecule has 0 saturated carbocycles. The zero-order chi connectivity index (χ0) is 22.2. The van der Waals surface area contributed by atoms with Crippen LogP contribution in [-0.4, -0.2) is 45.0 Å². The Kier molecular flexibility index (Phi) is 7.72. The van der Waals surface area contributed by atoms with Crippen molar-refractivity contribution < 1.29 is 14.7 Å². The first-order valence-electron chi connectivity index (χ1n) is 9.93. The Balaban J connectivity index is 1.91. The van der Waals surface area contributed by atoms with Gasteiger partial charge in [-0.05, 0) is 60.2 Å². The Labute approximate surface area is 185 Å². The van der Waals surface area contributed by atoms with E-state index in [4.69, 9.17) is 0 Å². The first-order valence-corrected chi connectivity index (χ1v) is 11.3. The fourth-order valence-corrected chi connectivity index (χ4v) is 3.73. The van der Waals surface area contributed by atoms with E-state index in [1.54, 1.807) is 30.4 Å². The highest BCUT2D eigenvalue weighted by Crippen LogP contribution is 2.30. The predicted octanol–water partition coefficient (Wildman–Crippen LogP) is 3.93. The fraction of sp³-hybridized carbons (Fsp3) is 0.261. The molecular weight excluding hydrogens is 412 g/mol. The number of carbonyl (C=O) groups is 2. The van der Waals surface area contributed by atoms with Gasteiger partial charge in [0.1, 0.15) is 6.04 Å². The number of carboxylic acid groups (broad SMARTS) is 1. The third-order valence-electron chi connectivity index (χ3n) is 4.95. The minimum atomic E-state index is -1.03. The summed E-state index contributed by atoms with van der Waals surface area (Å²) in [5.74, 6) is -0.775. The number of aryl methyl sites for hydroxylation is 1. The number of aliphatic carboxylic acids is 1. The number of nitrogens with zero attached hydrogens (tertiary/aromatic N) is 1. The van der Waals surface area contributed by atoms with E-state index in [9.17, 15) is 14.7 Å². The van der Waals surface area contributed by atoms with Crippen LogP contribution in [0, 0.1) is 6.92 Å². The second-order valence-corrected chi connectivity index (χ2v) is 8.14. The summed E-state index contributed by atoms with van der Waals surface area (Å²) in [5.41, 5.74) is 4.93. The lowest BCUT2D eigenvalue weighted by atomic mass is 9.94. The van der Waals surface area contributed by atoms with Gasteiger partial charge in [-0.3, -0.25) is 4.79 Å². The monoisotopic (exact) mass is 438 g/mol. The summed E-state index contributed by atoms with van der Waals surface area (Å²) in [6.07, 6.45) is 5.65. The number of aromatic amines is 1. The third-order valence-corrected chi connectivity index (χ3v) is 5.60. The van der Waals surface area contributed by atoms with Gasteiger partial charge in [0.15, 0.2) is 0 Å². The molecule has 0 aliphatic rings. The zero-order valence-electron chi connectivity index (χ0n) is 17.5. The molecule has 0 unspecified atom stereocenters. The summed E-state index contributed by atoms with van der Waals surface area (Å²) in [4.78, 5) is 31.7. The van der Waals surface area contributed by atoms with E-state index in [2.05, 4.69) is 20.6 Å². The van der Waals surface area contributed by atoms with Crippen molar-refractivity contribution in [1.82, 2.24) is 15.3 Å².